The van der Waals surface area contributed by atoms with Gasteiger partial charge in [0.05, 0.1) is 39.9 Å². The third-order valence-electron chi connectivity index (χ3n) is 10.2. The SMILES string of the molecule is CC/C=C\C/C=C\C/C=C\CCCCCCCC(=O)NC(COP(=O)(O)OCC[N+](C)(C)C)C(O)/C=C/CC/C=C/CCCCCCCCCCCCCCCCC. The van der Waals surface area contributed by atoms with Crippen LogP contribution in [0.4, 0.5) is 0 Å². The summed E-state index contributed by atoms with van der Waals surface area (Å²) in [7, 11) is 1.53. The first-order chi connectivity index (χ1) is 28.0. The van der Waals surface area contributed by atoms with E-state index in [1.54, 1.807) is 6.08 Å². The first-order valence-corrected chi connectivity index (χ1v) is 25.2. The number of aliphatic hydroxyl groups excluding tert-OH is 1. The highest BCUT2D eigenvalue weighted by atomic mass is 31.2. The zero-order valence-electron chi connectivity index (χ0n) is 38.3. The minimum Gasteiger partial charge on any atom is -0.387 e. The summed E-state index contributed by atoms with van der Waals surface area (Å²) in [5.41, 5.74) is 0. The molecule has 58 heavy (non-hydrogen) atoms. The molecule has 0 aliphatic carbocycles. The van der Waals surface area contributed by atoms with Crippen LogP contribution in [0.2, 0.25) is 0 Å². The van der Waals surface area contributed by atoms with Crippen LogP contribution in [0.25, 0.3) is 0 Å². The van der Waals surface area contributed by atoms with Crippen molar-refractivity contribution in [1.29, 1.82) is 0 Å². The number of rotatable bonds is 42. The monoisotopic (exact) mass is 836 g/mol. The molecule has 3 N–H and O–H groups in total. The average Bonchev–Trinajstić information content (AvgIpc) is 3.17. The van der Waals surface area contributed by atoms with Crippen LogP contribution >= 0.6 is 7.82 Å². The molecule has 0 aliphatic heterocycles. The fourth-order valence-corrected chi connectivity index (χ4v) is 7.22. The number of allylic oxidation sites excluding steroid dienone is 9. The third-order valence-corrected chi connectivity index (χ3v) is 11.2. The lowest BCUT2D eigenvalue weighted by molar-refractivity contribution is -0.870. The number of hydrogen-bond acceptors (Lipinski definition) is 5. The number of unbranched alkanes of at least 4 members (excludes halogenated alkanes) is 21. The van der Waals surface area contributed by atoms with E-state index < -0.39 is 20.0 Å². The van der Waals surface area contributed by atoms with Gasteiger partial charge >= 0.3 is 7.82 Å². The summed E-state index contributed by atoms with van der Waals surface area (Å²) in [5, 5.41) is 13.8. The zero-order chi connectivity index (χ0) is 42.8. The van der Waals surface area contributed by atoms with Gasteiger partial charge in [0, 0.05) is 6.42 Å². The Labute approximate surface area is 358 Å². The van der Waals surface area contributed by atoms with Gasteiger partial charge in [-0.2, -0.15) is 0 Å². The number of aliphatic hydroxyl groups is 1. The van der Waals surface area contributed by atoms with E-state index >= 15 is 0 Å². The fraction of sp³-hybridized carbons (Fsp3) is 0.776. The Morgan fingerprint density at radius 3 is 1.59 bits per heavy atom. The first-order valence-electron chi connectivity index (χ1n) is 23.7. The predicted octanol–water partition coefficient (Wildman–Crippen LogP) is 13.4. The van der Waals surface area contributed by atoms with Crippen LogP contribution in [-0.2, 0) is 18.4 Å². The fourth-order valence-electron chi connectivity index (χ4n) is 6.48. The minimum atomic E-state index is -4.35. The van der Waals surface area contributed by atoms with Gasteiger partial charge in [0.25, 0.3) is 0 Å². The van der Waals surface area contributed by atoms with E-state index in [9.17, 15) is 19.4 Å². The third kappa shape index (κ3) is 42.3. The molecule has 0 bridgehead atoms. The van der Waals surface area contributed by atoms with Crippen LogP contribution in [0.3, 0.4) is 0 Å². The molecule has 1 amide bonds. The van der Waals surface area contributed by atoms with Crippen molar-refractivity contribution in [1.82, 2.24) is 5.32 Å². The van der Waals surface area contributed by atoms with Crippen LogP contribution in [0, 0.1) is 0 Å². The minimum absolute atomic E-state index is 0.0501. The smallest absolute Gasteiger partial charge is 0.387 e. The molecule has 338 valence electrons. The van der Waals surface area contributed by atoms with E-state index in [1.165, 1.54) is 96.3 Å². The number of likely N-dealkylation sites (N-methyl/N-ethyl adjacent to an activating group) is 1. The molecule has 8 nitrogen and oxygen atoms in total. The maximum Gasteiger partial charge on any atom is 0.472 e. The zero-order valence-corrected chi connectivity index (χ0v) is 39.2. The average molecular weight is 836 g/mol. The van der Waals surface area contributed by atoms with Crippen molar-refractivity contribution in [2.75, 3.05) is 40.9 Å². The molecule has 3 atom stereocenters. The molecule has 0 radical (unpaired) electrons. The number of nitrogens with zero attached hydrogens (tertiary/aromatic N) is 1. The second kappa shape index (κ2) is 40.6. The summed E-state index contributed by atoms with van der Waals surface area (Å²) in [6.07, 6.45) is 53.0. The molecular formula is C49H92N2O6P+. The standard InChI is InChI=1S/C49H91N2O6P/c1-6-8-10-12-14-16-18-20-22-23-24-25-26-27-29-30-32-34-36-38-40-42-48(52)47(46-57-58(54,55)56-45-44-51(3,4)5)50-49(53)43-41-39-37-35-33-31-28-21-19-17-15-13-11-9-7-2/h9,11,15,17,21,28,32,34,40,42,47-48,52H,6-8,10,12-14,16,18-20,22-27,29-31,33,35-39,41,43-46H2,1-5H3,(H-,50,53,54,55)/p+1/b11-9-,17-15-,28-21-,34-32+,42-40+. The number of phosphoric acid groups is 1. The Balaban J connectivity index is 4.44. The van der Waals surface area contributed by atoms with Crippen LogP contribution in [0.1, 0.15) is 194 Å². The largest absolute Gasteiger partial charge is 0.472 e. The maximum absolute atomic E-state index is 12.9. The summed E-state index contributed by atoms with van der Waals surface area (Å²) in [5.74, 6) is -0.206. The number of carbonyl (C=O) groups excluding carboxylic acids is 1. The highest BCUT2D eigenvalue weighted by Crippen LogP contribution is 2.43. The topological polar surface area (TPSA) is 105 Å². The summed E-state index contributed by atoms with van der Waals surface area (Å²) >= 11 is 0. The second-order valence-electron chi connectivity index (χ2n) is 17.1. The number of phosphoric ester groups is 1. The van der Waals surface area contributed by atoms with Crippen molar-refractivity contribution in [2.24, 2.45) is 0 Å². The molecular weight excluding hydrogens is 744 g/mol. The van der Waals surface area contributed by atoms with Gasteiger partial charge in [0.1, 0.15) is 13.2 Å². The normalized spacial score (nSPS) is 14.8. The van der Waals surface area contributed by atoms with Gasteiger partial charge in [-0.05, 0) is 64.2 Å². The molecule has 0 heterocycles. The van der Waals surface area contributed by atoms with Crippen LogP contribution in [0.15, 0.2) is 60.8 Å². The van der Waals surface area contributed by atoms with Crippen molar-refractivity contribution < 1.29 is 32.9 Å². The quantitative estimate of drug-likeness (QED) is 0.0245. The van der Waals surface area contributed by atoms with Gasteiger partial charge < -0.3 is 19.8 Å². The van der Waals surface area contributed by atoms with Gasteiger partial charge in [-0.1, -0.05) is 184 Å². The summed E-state index contributed by atoms with van der Waals surface area (Å²) in [4.78, 5) is 23.1. The number of carbonyl (C=O) groups is 1. The Morgan fingerprint density at radius 2 is 1.05 bits per heavy atom. The van der Waals surface area contributed by atoms with Crippen molar-refractivity contribution in [3.8, 4) is 0 Å². The van der Waals surface area contributed by atoms with E-state index in [0.717, 1.165) is 77.0 Å². The lowest BCUT2D eigenvalue weighted by Crippen LogP contribution is -2.45. The summed E-state index contributed by atoms with van der Waals surface area (Å²) < 4.78 is 23.6. The van der Waals surface area contributed by atoms with E-state index in [1.807, 2.05) is 27.2 Å². The Bertz CT molecular complexity index is 1130. The van der Waals surface area contributed by atoms with E-state index in [-0.39, 0.29) is 19.1 Å². The van der Waals surface area contributed by atoms with Gasteiger partial charge in [-0.25, -0.2) is 4.57 Å². The molecule has 0 saturated heterocycles. The predicted molar refractivity (Wildman–Crippen MR) is 249 cm³/mol. The van der Waals surface area contributed by atoms with Gasteiger partial charge in [0.15, 0.2) is 0 Å². The van der Waals surface area contributed by atoms with Gasteiger partial charge in [-0.15, -0.1) is 0 Å². The Morgan fingerprint density at radius 1 is 0.603 bits per heavy atom. The molecule has 0 aliphatic rings. The Kier molecular flexibility index (Phi) is 39.3. The van der Waals surface area contributed by atoms with Crippen LogP contribution < -0.4 is 5.32 Å². The van der Waals surface area contributed by atoms with E-state index in [2.05, 4.69) is 67.8 Å². The molecule has 0 spiro atoms. The molecule has 0 aromatic rings. The molecule has 0 aromatic heterocycles. The lowest BCUT2D eigenvalue weighted by Gasteiger charge is -2.25. The summed E-state index contributed by atoms with van der Waals surface area (Å²) in [6, 6.07) is -0.874. The highest BCUT2D eigenvalue weighted by Gasteiger charge is 2.27. The van der Waals surface area contributed by atoms with Crippen LogP contribution in [-0.4, -0.2) is 73.4 Å². The maximum atomic E-state index is 12.9. The number of nitrogens with one attached hydrogen (secondary N) is 1. The molecule has 0 rings (SSSR count). The summed E-state index contributed by atoms with van der Waals surface area (Å²) in [6.45, 7) is 4.66. The van der Waals surface area contributed by atoms with Gasteiger partial charge in [0.2, 0.25) is 5.91 Å². The number of hydrogen-bond donors (Lipinski definition) is 3. The molecule has 3 unspecified atom stereocenters. The molecule has 0 aromatic carbocycles. The van der Waals surface area contributed by atoms with Crippen molar-refractivity contribution in [2.45, 2.75) is 206 Å². The van der Waals surface area contributed by atoms with E-state index in [4.69, 9.17) is 9.05 Å². The number of quaternary nitrogens is 1. The van der Waals surface area contributed by atoms with Crippen molar-refractivity contribution in [3.63, 3.8) is 0 Å². The van der Waals surface area contributed by atoms with Crippen molar-refractivity contribution in [3.05, 3.63) is 60.8 Å². The Hall–Kier alpha value is -1.80. The molecule has 0 fully saturated rings. The molecule has 0 saturated carbocycles. The van der Waals surface area contributed by atoms with Crippen LogP contribution in [0.5, 0.6) is 0 Å². The lowest BCUT2D eigenvalue weighted by atomic mass is 10.0. The van der Waals surface area contributed by atoms with Gasteiger partial charge in [-0.3, -0.25) is 13.8 Å². The van der Waals surface area contributed by atoms with E-state index in [0.29, 0.717) is 17.4 Å². The second-order valence-corrected chi connectivity index (χ2v) is 18.5. The first kappa shape index (κ1) is 56.2. The highest BCUT2D eigenvalue weighted by molar-refractivity contribution is 7.47. The molecule has 9 heteroatoms. The number of amides is 1. The van der Waals surface area contributed by atoms with Crippen molar-refractivity contribution >= 4 is 13.7 Å².